The standard InChI is InChI=1S/C11H19F3O/c1-2-3-4-5-6-7-8-9-10(15)11(12,13)14/h8-10,15H,2-7H2,1H3/b9-8+. The zero-order valence-corrected chi connectivity index (χ0v) is 9.06. The highest BCUT2D eigenvalue weighted by molar-refractivity contribution is 4.92. The fraction of sp³-hybridized carbons (Fsp3) is 0.818. The Bertz CT molecular complexity index is 175. The number of unbranched alkanes of at least 4 members (excludes halogenated alkanes) is 5. The van der Waals surface area contributed by atoms with Gasteiger partial charge < -0.3 is 5.11 Å². The minimum atomic E-state index is -4.53. The van der Waals surface area contributed by atoms with E-state index in [9.17, 15) is 13.2 Å². The fourth-order valence-corrected chi connectivity index (χ4v) is 1.20. The molecule has 0 fully saturated rings. The maximum absolute atomic E-state index is 11.8. The van der Waals surface area contributed by atoms with Crippen molar-refractivity contribution in [2.24, 2.45) is 0 Å². The molecule has 0 aliphatic carbocycles. The maximum atomic E-state index is 11.8. The van der Waals surface area contributed by atoms with Crippen molar-refractivity contribution >= 4 is 0 Å². The molecule has 0 saturated heterocycles. The summed E-state index contributed by atoms with van der Waals surface area (Å²) in [5, 5.41) is 8.61. The second kappa shape index (κ2) is 7.74. The molecule has 0 aromatic carbocycles. The van der Waals surface area contributed by atoms with Gasteiger partial charge in [0.05, 0.1) is 0 Å². The van der Waals surface area contributed by atoms with E-state index in [4.69, 9.17) is 5.11 Å². The van der Waals surface area contributed by atoms with E-state index >= 15 is 0 Å². The molecule has 0 spiro atoms. The molecule has 0 aliphatic rings. The van der Waals surface area contributed by atoms with Crippen molar-refractivity contribution in [1.29, 1.82) is 0 Å². The minimum absolute atomic E-state index is 0.608. The van der Waals surface area contributed by atoms with Crippen molar-refractivity contribution in [2.45, 2.75) is 57.7 Å². The number of aliphatic hydroxyl groups is 1. The summed E-state index contributed by atoms with van der Waals surface area (Å²) < 4.78 is 35.5. The number of hydrogen-bond acceptors (Lipinski definition) is 1. The normalized spacial score (nSPS) is 14.7. The molecule has 0 radical (unpaired) electrons. The van der Waals surface area contributed by atoms with Crippen LogP contribution in [0.25, 0.3) is 0 Å². The Morgan fingerprint density at radius 3 is 2.27 bits per heavy atom. The fourth-order valence-electron chi connectivity index (χ4n) is 1.20. The molecule has 0 aromatic heterocycles. The van der Waals surface area contributed by atoms with Crippen molar-refractivity contribution in [3.05, 3.63) is 12.2 Å². The molecule has 90 valence electrons. The Morgan fingerprint density at radius 2 is 1.73 bits per heavy atom. The first-order valence-corrected chi connectivity index (χ1v) is 5.40. The highest BCUT2D eigenvalue weighted by atomic mass is 19.4. The lowest BCUT2D eigenvalue weighted by atomic mass is 10.1. The molecular weight excluding hydrogens is 205 g/mol. The number of halogens is 3. The van der Waals surface area contributed by atoms with Crippen molar-refractivity contribution in [2.75, 3.05) is 0 Å². The number of aliphatic hydroxyl groups excluding tert-OH is 1. The predicted molar refractivity (Wildman–Crippen MR) is 54.6 cm³/mol. The van der Waals surface area contributed by atoms with Crippen LogP contribution in [0.5, 0.6) is 0 Å². The molecule has 0 rings (SSSR count). The summed E-state index contributed by atoms with van der Waals surface area (Å²) in [6.45, 7) is 2.11. The second-order valence-electron chi connectivity index (χ2n) is 3.62. The van der Waals surface area contributed by atoms with Crippen LogP contribution in [0.1, 0.15) is 45.4 Å². The van der Waals surface area contributed by atoms with Gasteiger partial charge in [-0.05, 0) is 12.8 Å². The van der Waals surface area contributed by atoms with Crippen molar-refractivity contribution in [3.63, 3.8) is 0 Å². The van der Waals surface area contributed by atoms with Crippen molar-refractivity contribution in [3.8, 4) is 0 Å². The molecule has 0 heterocycles. The molecule has 0 saturated carbocycles. The van der Waals surface area contributed by atoms with Gasteiger partial charge in [-0.2, -0.15) is 13.2 Å². The van der Waals surface area contributed by atoms with Gasteiger partial charge in [0.2, 0.25) is 0 Å². The summed E-state index contributed by atoms with van der Waals surface area (Å²) in [5.74, 6) is 0. The van der Waals surface area contributed by atoms with E-state index in [1.54, 1.807) is 0 Å². The van der Waals surface area contributed by atoms with Gasteiger partial charge in [0.25, 0.3) is 0 Å². The first-order valence-electron chi connectivity index (χ1n) is 5.40. The summed E-state index contributed by atoms with van der Waals surface area (Å²) >= 11 is 0. The predicted octanol–water partition coefficient (Wildman–Crippen LogP) is 3.83. The van der Waals surface area contributed by atoms with Crippen LogP contribution in [0.2, 0.25) is 0 Å². The second-order valence-corrected chi connectivity index (χ2v) is 3.62. The Morgan fingerprint density at radius 1 is 1.13 bits per heavy atom. The summed E-state index contributed by atoms with van der Waals surface area (Å²) in [6.07, 6.45) is 1.39. The molecular formula is C11H19F3O. The lowest BCUT2D eigenvalue weighted by Crippen LogP contribution is -2.25. The quantitative estimate of drug-likeness (QED) is 0.514. The van der Waals surface area contributed by atoms with Gasteiger partial charge in [-0.25, -0.2) is 0 Å². The van der Waals surface area contributed by atoms with Crippen LogP contribution in [0.15, 0.2) is 12.2 Å². The van der Waals surface area contributed by atoms with E-state index in [0.29, 0.717) is 6.42 Å². The van der Waals surface area contributed by atoms with Crippen LogP contribution in [0.4, 0.5) is 13.2 Å². The number of hydrogen-bond donors (Lipinski definition) is 1. The summed E-state index contributed by atoms with van der Waals surface area (Å²) in [6, 6.07) is 0. The van der Waals surface area contributed by atoms with Gasteiger partial charge in [0.1, 0.15) is 0 Å². The third-order valence-corrected chi connectivity index (χ3v) is 2.13. The van der Waals surface area contributed by atoms with Gasteiger partial charge in [-0.3, -0.25) is 0 Å². The van der Waals surface area contributed by atoms with E-state index in [0.717, 1.165) is 31.8 Å². The SMILES string of the molecule is CCCCCCC/C=C/C(O)C(F)(F)F. The highest BCUT2D eigenvalue weighted by Gasteiger charge is 2.35. The molecule has 0 bridgehead atoms. The molecule has 1 atom stereocenters. The van der Waals surface area contributed by atoms with Crippen LogP contribution in [-0.4, -0.2) is 17.4 Å². The maximum Gasteiger partial charge on any atom is 0.417 e. The first-order chi connectivity index (χ1) is 6.98. The van der Waals surface area contributed by atoms with Crippen LogP contribution in [0.3, 0.4) is 0 Å². The van der Waals surface area contributed by atoms with Gasteiger partial charge in [-0.15, -0.1) is 0 Å². The average Bonchev–Trinajstić information content (AvgIpc) is 2.14. The minimum Gasteiger partial charge on any atom is -0.380 e. The molecule has 1 unspecified atom stereocenters. The molecule has 15 heavy (non-hydrogen) atoms. The average molecular weight is 224 g/mol. The zero-order valence-electron chi connectivity index (χ0n) is 9.06. The molecule has 1 N–H and O–H groups in total. The number of allylic oxidation sites excluding steroid dienone is 1. The molecule has 0 aromatic rings. The third-order valence-electron chi connectivity index (χ3n) is 2.13. The van der Waals surface area contributed by atoms with E-state index in [-0.39, 0.29) is 0 Å². The number of rotatable bonds is 7. The Kier molecular flexibility index (Phi) is 7.48. The summed E-state index contributed by atoms with van der Waals surface area (Å²) in [7, 11) is 0. The largest absolute Gasteiger partial charge is 0.417 e. The van der Waals surface area contributed by atoms with Crippen molar-refractivity contribution in [1.82, 2.24) is 0 Å². The van der Waals surface area contributed by atoms with E-state index in [1.807, 2.05) is 0 Å². The third kappa shape index (κ3) is 8.48. The Balaban J connectivity index is 3.46. The van der Waals surface area contributed by atoms with E-state index in [1.165, 1.54) is 12.5 Å². The summed E-state index contributed by atoms with van der Waals surface area (Å²) in [4.78, 5) is 0. The summed E-state index contributed by atoms with van der Waals surface area (Å²) in [5.41, 5.74) is 0. The highest BCUT2D eigenvalue weighted by Crippen LogP contribution is 2.20. The van der Waals surface area contributed by atoms with Gasteiger partial charge in [-0.1, -0.05) is 44.8 Å². The topological polar surface area (TPSA) is 20.2 Å². The van der Waals surface area contributed by atoms with Crippen LogP contribution >= 0.6 is 0 Å². The first kappa shape index (κ1) is 14.5. The monoisotopic (exact) mass is 224 g/mol. The van der Waals surface area contributed by atoms with Gasteiger partial charge in [0.15, 0.2) is 6.10 Å². The lowest BCUT2D eigenvalue weighted by Gasteiger charge is -2.09. The molecule has 0 aliphatic heterocycles. The van der Waals surface area contributed by atoms with Crippen LogP contribution < -0.4 is 0 Å². The van der Waals surface area contributed by atoms with Crippen LogP contribution in [0, 0.1) is 0 Å². The lowest BCUT2D eigenvalue weighted by molar-refractivity contribution is -0.187. The molecule has 0 amide bonds. The van der Waals surface area contributed by atoms with E-state index in [2.05, 4.69) is 6.92 Å². The number of alkyl halides is 3. The molecule has 1 nitrogen and oxygen atoms in total. The Labute approximate surface area is 89.0 Å². The van der Waals surface area contributed by atoms with Crippen LogP contribution in [-0.2, 0) is 0 Å². The van der Waals surface area contributed by atoms with Gasteiger partial charge in [0, 0.05) is 0 Å². The molecule has 4 heteroatoms. The Hall–Kier alpha value is -0.510. The van der Waals surface area contributed by atoms with Crippen molar-refractivity contribution < 1.29 is 18.3 Å². The van der Waals surface area contributed by atoms with Gasteiger partial charge >= 0.3 is 6.18 Å². The smallest absolute Gasteiger partial charge is 0.380 e. The zero-order chi connectivity index (χ0) is 11.7. The van der Waals surface area contributed by atoms with E-state index < -0.39 is 12.3 Å².